The molecule has 0 spiro atoms. The largest absolute Gasteiger partial charge is 0.476 e. The number of rotatable bonds is 6. The lowest BCUT2D eigenvalue weighted by atomic mass is 10.1. The zero-order chi connectivity index (χ0) is 15.2. The predicted molar refractivity (Wildman–Crippen MR) is 78.9 cm³/mol. The number of hydrogen-bond donors (Lipinski definition) is 3. The summed E-state index contributed by atoms with van der Waals surface area (Å²) in [6.45, 7) is 0.118. The van der Waals surface area contributed by atoms with E-state index in [1.54, 1.807) is 6.07 Å². The third kappa shape index (κ3) is 4.11. The van der Waals surface area contributed by atoms with Crippen molar-refractivity contribution in [2.24, 2.45) is 0 Å². The molecule has 1 amide bonds. The number of carboxylic acids is 1. The van der Waals surface area contributed by atoms with Gasteiger partial charge in [0.05, 0.1) is 0 Å². The number of aryl methyl sites for hydroxylation is 1. The van der Waals surface area contributed by atoms with Crippen LogP contribution in [0.25, 0.3) is 0 Å². The average molecular weight is 306 g/mol. The summed E-state index contributed by atoms with van der Waals surface area (Å²) >= 11 is 0.912. The maximum Gasteiger partial charge on any atom is 0.365 e. The third-order valence-electron chi connectivity index (χ3n) is 2.73. The topological polar surface area (TPSA) is 99.5 Å². The highest BCUT2D eigenvalue weighted by Crippen LogP contribution is 2.15. The van der Waals surface area contributed by atoms with Crippen molar-refractivity contribution in [3.05, 3.63) is 45.9 Å². The normalized spacial score (nSPS) is 10.3. The number of nitrogens with zero attached hydrogens (tertiary/aromatic N) is 1. The van der Waals surface area contributed by atoms with E-state index in [1.807, 2.05) is 18.2 Å². The second-order valence-electron chi connectivity index (χ2n) is 4.32. The first-order valence-electron chi connectivity index (χ1n) is 6.30. The molecular formula is C14H14N2O4S. The first kappa shape index (κ1) is 15.1. The molecule has 7 heteroatoms. The molecule has 6 nitrogen and oxygen atoms in total. The van der Waals surface area contributed by atoms with E-state index in [4.69, 9.17) is 10.2 Å². The van der Waals surface area contributed by atoms with Crippen molar-refractivity contribution >= 4 is 28.9 Å². The van der Waals surface area contributed by atoms with Crippen LogP contribution >= 0.6 is 11.3 Å². The number of thiazole rings is 1. The fourth-order valence-corrected chi connectivity index (χ4v) is 2.39. The minimum Gasteiger partial charge on any atom is -0.476 e. The van der Waals surface area contributed by atoms with Gasteiger partial charge in [-0.15, -0.1) is 11.3 Å². The summed E-state index contributed by atoms with van der Waals surface area (Å²) in [5.41, 5.74) is 1.70. The molecule has 0 radical (unpaired) electrons. The van der Waals surface area contributed by atoms with Crippen LogP contribution in [0.3, 0.4) is 0 Å². The summed E-state index contributed by atoms with van der Waals surface area (Å²) in [4.78, 5) is 26.5. The smallest absolute Gasteiger partial charge is 0.365 e. The maximum atomic E-state index is 12.0. The molecule has 0 aliphatic rings. The minimum absolute atomic E-state index is 0.0816. The van der Waals surface area contributed by atoms with Crippen molar-refractivity contribution < 1.29 is 19.8 Å². The van der Waals surface area contributed by atoms with Gasteiger partial charge in [0.2, 0.25) is 5.01 Å². The minimum atomic E-state index is -1.15. The predicted octanol–water partition coefficient (Wildman–Crippen LogP) is 2.02. The molecule has 1 aromatic heterocycles. The molecule has 1 heterocycles. The monoisotopic (exact) mass is 306 g/mol. The fourth-order valence-electron chi connectivity index (χ4n) is 1.76. The van der Waals surface area contributed by atoms with Gasteiger partial charge < -0.3 is 15.5 Å². The summed E-state index contributed by atoms with van der Waals surface area (Å²) in [5.74, 6) is -1.59. The molecule has 3 N–H and O–H groups in total. The fraction of sp³-hybridized carbons (Fsp3) is 0.214. The average Bonchev–Trinajstić information content (AvgIpc) is 2.95. The van der Waals surface area contributed by atoms with Gasteiger partial charge in [0.25, 0.3) is 5.91 Å². The first-order valence-corrected chi connectivity index (χ1v) is 7.18. The Balaban J connectivity index is 2.06. The molecular weight excluding hydrogens is 292 g/mol. The number of anilines is 1. The molecule has 2 aromatic rings. The lowest BCUT2D eigenvalue weighted by Gasteiger charge is -2.06. The van der Waals surface area contributed by atoms with Gasteiger partial charge in [-0.25, -0.2) is 9.78 Å². The zero-order valence-corrected chi connectivity index (χ0v) is 11.9. The van der Waals surface area contributed by atoms with Gasteiger partial charge in [0.15, 0.2) is 0 Å². The third-order valence-corrected chi connectivity index (χ3v) is 3.56. The van der Waals surface area contributed by atoms with Gasteiger partial charge in [-0.3, -0.25) is 4.79 Å². The number of aromatic carboxylic acids is 1. The SMILES string of the molecule is O=C(Nc1cccc(CCCO)c1)c1csc(C(=O)O)n1. The van der Waals surface area contributed by atoms with Crippen LogP contribution in [-0.2, 0) is 6.42 Å². The van der Waals surface area contributed by atoms with Gasteiger partial charge >= 0.3 is 5.97 Å². The highest BCUT2D eigenvalue weighted by Gasteiger charge is 2.14. The van der Waals surface area contributed by atoms with Crippen molar-refractivity contribution in [1.29, 1.82) is 0 Å². The van der Waals surface area contributed by atoms with Crippen LogP contribution in [0.5, 0.6) is 0 Å². The number of carbonyl (C=O) groups is 2. The summed E-state index contributed by atoms with van der Waals surface area (Å²) in [6.07, 6.45) is 1.38. The zero-order valence-electron chi connectivity index (χ0n) is 11.1. The van der Waals surface area contributed by atoms with Crippen LogP contribution in [0.15, 0.2) is 29.6 Å². The summed E-state index contributed by atoms with van der Waals surface area (Å²) in [7, 11) is 0. The highest BCUT2D eigenvalue weighted by molar-refractivity contribution is 7.11. The lowest BCUT2D eigenvalue weighted by molar-refractivity contribution is 0.0696. The quantitative estimate of drug-likeness (QED) is 0.758. The number of nitrogens with one attached hydrogen (secondary N) is 1. The number of amides is 1. The Hall–Kier alpha value is -2.25. The Bertz CT molecular complexity index is 654. The molecule has 0 aliphatic heterocycles. The van der Waals surface area contributed by atoms with E-state index in [0.29, 0.717) is 12.1 Å². The van der Waals surface area contributed by atoms with Gasteiger partial charge in [-0.2, -0.15) is 0 Å². The van der Waals surface area contributed by atoms with E-state index in [-0.39, 0.29) is 17.3 Å². The summed E-state index contributed by atoms with van der Waals surface area (Å²) in [5, 5.41) is 21.6. The van der Waals surface area contributed by atoms with E-state index >= 15 is 0 Å². The van der Waals surface area contributed by atoms with Crippen molar-refractivity contribution in [3.8, 4) is 0 Å². The Kier molecular flexibility index (Phi) is 5.02. The number of carbonyl (C=O) groups excluding carboxylic acids is 1. The van der Waals surface area contributed by atoms with E-state index in [2.05, 4.69) is 10.3 Å². The van der Waals surface area contributed by atoms with Gasteiger partial charge in [-0.1, -0.05) is 12.1 Å². The van der Waals surface area contributed by atoms with E-state index in [9.17, 15) is 9.59 Å². The van der Waals surface area contributed by atoms with Crippen molar-refractivity contribution in [2.75, 3.05) is 11.9 Å². The summed E-state index contributed by atoms with van der Waals surface area (Å²) in [6, 6.07) is 7.28. The lowest BCUT2D eigenvalue weighted by Crippen LogP contribution is -2.13. The number of aromatic nitrogens is 1. The molecule has 2 rings (SSSR count). The highest BCUT2D eigenvalue weighted by atomic mass is 32.1. The Morgan fingerprint density at radius 2 is 2.14 bits per heavy atom. The second kappa shape index (κ2) is 6.96. The van der Waals surface area contributed by atoms with Crippen LogP contribution in [0, 0.1) is 0 Å². The maximum absolute atomic E-state index is 12.0. The molecule has 0 aliphatic carbocycles. The standard InChI is InChI=1S/C14H14N2O4S/c17-6-2-4-9-3-1-5-10(7-9)15-12(18)11-8-21-13(16-11)14(19)20/h1,3,5,7-8,17H,2,4,6H2,(H,15,18)(H,19,20). The van der Waals surface area contributed by atoms with Crippen LogP contribution in [0.4, 0.5) is 5.69 Å². The molecule has 110 valence electrons. The molecule has 0 fully saturated rings. The van der Waals surface area contributed by atoms with Crippen LogP contribution < -0.4 is 5.32 Å². The molecule has 0 atom stereocenters. The Morgan fingerprint density at radius 1 is 1.33 bits per heavy atom. The van der Waals surface area contributed by atoms with Crippen LogP contribution in [-0.4, -0.2) is 33.7 Å². The molecule has 1 aromatic carbocycles. The Morgan fingerprint density at radius 3 is 2.81 bits per heavy atom. The van der Waals surface area contributed by atoms with Crippen molar-refractivity contribution in [2.45, 2.75) is 12.8 Å². The molecule has 0 saturated heterocycles. The van der Waals surface area contributed by atoms with Gasteiger partial charge in [-0.05, 0) is 30.5 Å². The number of carboxylic acid groups (broad SMARTS) is 1. The first-order chi connectivity index (χ1) is 10.1. The number of benzene rings is 1. The van der Waals surface area contributed by atoms with Gasteiger partial charge in [0, 0.05) is 17.7 Å². The van der Waals surface area contributed by atoms with E-state index in [1.165, 1.54) is 5.38 Å². The van der Waals surface area contributed by atoms with Crippen molar-refractivity contribution in [1.82, 2.24) is 4.98 Å². The summed E-state index contributed by atoms with van der Waals surface area (Å²) < 4.78 is 0. The second-order valence-corrected chi connectivity index (χ2v) is 5.18. The Labute approximate surface area is 125 Å². The number of hydrogen-bond acceptors (Lipinski definition) is 5. The van der Waals surface area contributed by atoms with Crippen molar-refractivity contribution in [3.63, 3.8) is 0 Å². The van der Waals surface area contributed by atoms with Crippen LogP contribution in [0.1, 0.15) is 32.3 Å². The van der Waals surface area contributed by atoms with Gasteiger partial charge in [0.1, 0.15) is 5.69 Å². The molecule has 21 heavy (non-hydrogen) atoms. The number of aliphatic hydroxyl groups is 1. The molecule has 0 unspecified atom stereocenters. The van der Waals surface area contributed by atoms with E-state index < -0.39 is 11.9 Å². The molecule has 0 saturated carbocycles. The number of aliphatic hydroxyl groups excluding tert-OH is 1. The van der Waals surface area contributed by atoms with Crippen LogP contribution in [0.2, 0.25) is 0 Å². The molecule has 0 bridgehead atoms. The van der Waals surface area contributed by atoms with E-state index in [0.717, 1.165) is 23.3 Å².